The third-order valence-corrected chi connectivity index (χ3v) is 3.92. The van der Waals surface area contributed by atoms with Gasteiger partial charge in [-0.3, -0.25) is 14.4 Å². The van der Waals surface area contributed by atoms with E-state index in [9.17, 15) is 14.4 Å². The van der Waals surface area contributed by atoms with Gasteiger partial charge in [-0.05, 0) is 6.92 Å². The Morgan fingerprint density at radius 2 is 2.19 bits per heavy atom. The van der Waals surface area contributed by atoms with Gasteiger partial charge in [-0.25, -0.2) is 4.98 Å². The zero-order valence-electron chi connectivity index (χ0n) is 11.9. The van der Waals surface area contributed by atoms with Gasteiger partial charge in [-0.15, -0.1) is 11.3 Å². The highest BCUT2D eigenvalue weighted by Gasteiger charge is 2.34. The van der Waals surface area contributed by atoms with Gasteiger partial charge in [0.1, 0.15) is 0 Å². The second kappa shape index (κ2) is 6.66. The molecule has 0 spiro atoms. The van der Waals surface area contributed by atoms with E-state index >= 15 is 0 Å². The number of carbonyl (C=O) groups excluding carboxylic acids is 3. The van der Waals surface area contributed by atoms with E-state index in [4.69, 9.17) is 4.74 Å². The predicted molar refractivity (Wildman–Crippen MR) is 76.8 cm³/mol. The molecule has 0 atom stereocenters. The number of ether oxygens (including phenoxy) is 1. The van der Waals surface area contributed by atoms with Crippen molar-refractivity contribution < 1.29 is 19.1 Å². The number of esters is 1. The summed E-state index contributed by atoms with van der Waals surface area (Å²) in [5.74, 6) is -0.697. The SMILES string of the molecule is CCOC(=O)Cc1csc(NC(=O)C2CN(C(C)=O)C2)n1. The zero-order valence-corrected chi connectivity index (χ0v) is 12.7. The summed E-state index contributed by atoms with van der Waals surface area (Å²) in [7, 11) is 0. The van der Waals surface area contributed by atoms with Gasteiger partial charge in [0.25, 0.3) is 0 Å². The molecule has 1 saturated heterocycles. The van der Waals surface area contributed by atoms with Crippen LogP contribution in [0.2, 0.25) is 0 Å². The van der Waals surface area contributed by atoms with Gasteiger partial charge in [0, 0.05) is 25.4 Å². The highest BCUT2D eigenvalue weighted by Crippen LogP contribution is 2.20. The third kappa shape index (κ3) is 4.01. The Balaban J connectivity index is 1.81. The van der Waals surface area contributed by atoms with Crippen molar-refractivity contribution in [2.24, 2.45) is 5.92 Å². The summed E-state index contributed by atoms with van der Waals surface area (Å²) in [6.07, 6.45) is 0.0990. The first-order valence-corrected chi connectivity index (χ1v) is 7.54. The van der Waals surface area contributed by atoms with Gasteiger partial charge in [0.05, 0.1) is 24.6 Å². The van der Waals surface area contributed by atoms with Crippen LogP contribution in [0, 0.1) is 5.92 Å². The Morgan fingerprint density at radius 3 is 2.81 bits per heavy atom. The summed E-state index contributed by atoms with van der Waals surface area (Å²) in [6, 6.07) is 0. The number of nitrogens with one attached hydrogen (secondary N) is 1. The van der Waals surface area contributed by atoms with Crippen LogP contribution >= 0.6 is 11.3 Å². The van der Waals surface area contributed by atoms with E-state index in [1.54, 1.807) is 17.2 Å². The molecule has 7 nitrogen and oxygen atoms in total. The molecule has 0 aromatic carbocycles. The van der Waals surface area contributed by atoms with Crippen molar-refractivity contribution in [3.8, 4) is 0 Å². The molecule has 0 radical (unpaired) electrons. The Kier molecular flexibility index (Phi) is 4.89. The number of anilines is 1. The summed E-state index contributed by atoms with van der Waals surface area (Å²) >= 11 is 1.27. The lowest BCUT2D eigenvalue weighted by molar-refractivity contribution is -0.142. The van der Waals surface area contributed by atoms with Gasteiger partial charge < -0.3 is 15.0 Å². The van der Waals surface area contributed by atoms with Crippen LogP contribution < -0.4 is 5.32 Å². The molecular formula is C13H17N3O4S. The van der Waals surface area contributed by atoms with E-state index in [2.05, 4.69) is 10.3 Å². The lowest BCUT2D eigenvalue weighted by Crippen LogP contribution is -2.53. The molecule has 0 saturated carbocycles. The van der Waals surface area contributed by atoms with E-state index < -0.39 is 0 Å². The molecule has 114 valence electrons. The highest BCUT2D eigenvalue weighted by atomic mass is 32.1. The van der Waals surface area contributed by atoms with Gasteiger partial charge in [0.15, 0.2) is 5.13 Å². The zero-order chi connectivity index (χ0) is 15.4. The van der Waals surface area contributed by atoms with Gasteiger partial charge in [-0.2, -0.15) is 0 Å². The normalized spacial score (nSPS) is 14.5. The van der Waals surface area contributed by atoms with E-state index in [1.807, 2.05) is 0 Å². The number of thiazole rings is 1. The third-order valence-electron chi connectivity index (χ3n) is 3.11. The van der Waals surface area contributed by atoms with Crippen LogP contribution in [0.25, 0.3) is 0 Å². The average Bonchev–Trinajstić information content (AvgIpc) is 2.73. The summed E-state index contributed by atoms with van der Waals surface area (Å²) in [4.78, 5) is 40.1. The van der Waals surface area contributed by atoms with Crippen molar-refractivity contribution in [1.29, 1.82) is 0 Å². The monoisotopic (exact) mass is 311 g/mol. The fourth-order valence-corrected chi connectivity index (χ4v) is 2.63. The number of amides is 2. The number of nitrogens with zero attached hydrogens (tertiary/aromatic N) is 2. The Labute approximate surface area is 126 Å². The van der Waals surface area contributed by atoms with Crippen LogP contribution in [0.4, 0.5) is 5.13 Å². The Bertz CT molecular complexity index is 551. The number of likely N-dealkylation sites (tertiary alicyclic amines) is 1. The predicted octanol–water partition coefficient (Wildman–Crippen LogP) is 0.665. The molecule has 21 heavy (non-hydrogen) atoms. The van der Waals surface area contributed by atoms with E-state index in [0.717, 1.165) is 0 Å². The molecule has 1 fully saturated rings. The smallest absolute Gasteiger partial charge is 0.311 e. The number of aromatic nitrogens is 1. The van der Waals surface area contributed by atoms with E-state index in [-0.39, 0.29) is 30.1 Å². The average molecular weight is 311 g/mol. The fourth-order valence-electron chi connectivity index (χ4n) is 1.91. The topological polar surface area (TPSA) is 88.6 Å². The maximum Gasteiger partial charge on any atom is 0.311 e. The molecular weight excluding hydrogens is 294 g/mol. The lowest BCUT2D eigenvalue weighted by atomic mass is 9.99. The minimum absolute atomic E-state index is 0.0231. The fraction of sp³-hybridized carbons (Fsp3) is 0.538. The molecule has 1 aliphatic heterocycles. The lowest BCUT2D eigenvalue weighted by Gasteiger charge is -2.37. The number of hydrogen-bond acceptors (Lipinski definition) is 6. The van der Waals surface area contributed by atoms with E-state index in [1.165, 1.54) is 18.3 Å². The molecule has 0 unspecified atom stereocenters. The van der Waals surface area contributed by atoms with Crippen molar-refractivity contribution in [3.63, 3.8) is 0 Å². The molecule has 8 heteroatoms. The molecule has 2 amide bonds. The molecule has 2 rings (SSSR count). The first-order valence-electron chi connectivity index (χ1n) is 6.66. The van der Waals surface area contributed by atoms with Crippen molar-refractivity contribution in [3.05, 3.63) is 11.1 Å². The van der Waals surface area contributed by atoms with Crippen molar-refractivity contribution in [1.82, 2.24) is 9.88 Å². The first-order chi connectivity index (χ1) is 9.99. The molecule has 0 bridgehead atoms. The number of hydrogen-bond donors (Lipinski definition) is 1. The minimum atomic E-state index is -0.336. The van der Waals surface area contributed by atoms with Crippen molar-refractivity contribution in [2.75, 3.05) is 25.0 Å². The molecule has 1 N–H and O–H groups in total. The summed E-state index contributed by atoms with van der Waals surface area (Å²) in [6.45, 7) is 4.45. The second-order valence-corrected chi connectivity index (χ2v) is 5.59. The Hall–Kier alpha value is -1.96. The Morgan fingerprint density at radius 1 is 1.48 bits per heavy atom. The minimum Gasteiger partial charge on any atom is -0.466 e. The first kappa shape index (κ1) is 15.4. The molecule has 1 aromatic rings. The van der Waals surface area contributed by atoms with Crippen LogP contribution in [0.3, 0.4) is 0 Å². The van der Waals surface area contributed by atoms with Crippen LogP contribution in [0.5, 0.6) is 0 Å². The van der Waals surface area contributed by atoms with Crippen molar-refractivity contribution in [2.45, 2.75) is 20.3 Å². The maximum absolute atomic E-state index is 11.9. The highest BCUT2D eigenvalue weighted by molar-refractivity contribution is 7.13. The molecule has 0 aliphatic carbocycles. The van der Waals surface area contributed by atoms with Gasteiger partial charge >= 0.3 is 5.97 Å². The molecule has 1 aromatic heterocycles. The van der Waals surface area contributed by atoms with Crippen molar-refractivity contribution >= 4 is 34.3 Å². The quantitative estimate of drug-likeness (QED) is 0.807. The van der Waals surface area contributed by atoms with Gasteiger partial charge in [-0.1, -0.05) is 0 Å². The van der Waals surface area contributed by atoms with Gasteiger partial charge in [0.2, 0.25) is 11.8 Å². The van der Waals surface area contributed by atoms with E-state index in [0.29, 0.717) is 30.5 Å². The van der Waals surface area contributed by atoms with Crippen LogP contribution in [0.1, 0.15) is 19.5 Å². The van der Waals surface area contributed by atoms with Crippen LogP contribution in [0.15, 0.2) is 5.38 Å². The molecule has 1 aliphatic rings. The standard InChI is InChI=1S/C13H17N3O4S/c1-3-20-11(18)4-10-7-21-13(14-10)15-12(19)9-5-16(6-9)8(2)17/h7,9H,3-6H2,1-2H3,(H,14,15,19). The number of rotatable bonds is 5. The second-order valence-electron chi connectivity index (χ2n) is 4.74. The number of carbonyl (C=O) groups is 3. The summed E-state index contributed by atoms with van der Waals surface area (Å²) in [5, 5.41) is 4.88. The molecule has 2 heterocycles. The summed E-state index contributed by atoms with van der Waals surface area (Å²) in [5.41, 5.74) is 0.577. The summed E-state index contributed by atoms with van der Waals surface area (Å²) < 4.78 is 4.84. The largest absolute Gasteiger partial charge is 0.466 e. The van der Waals surface area contributed by atoms with Crippen LogP contribution in [-0.4, -0.2) is 47.4 Å². The maximum atomic E-state index is 11.9. The van der Waals surface area contributed by atoms with Crippen LogP contribution in [-0.2, 0) is 25.5 Å².